The van der Waals surface area contributed by atoms with Crippen LogP contribution < -0.4 is 21.5 Å². The third-order valence-corrected chi connectivity index (χ3v) is 4.40. The number of nitrogens with one attached hydrogen (secondary N) is 1. The molecule has 6 heteroatoms. The average molecular weight is 362 g/mol. The number of hydrogen-bond acceptors (Lipinski definition) is 4. The molecular weight excluding hydrogens is 338 g/mol. The molecule has 2 aromatic carbocycles. The predicted molar refractivity (Wildman–Crippen MR) is 102 cm³/mol. The maximum atomic E-state index is 12.4. The Morgan fingerprint density at radius 1 is 1.20 bits per heavy atom. The Morgan fingerprint density at radius 2 is 1.80 bits per heavy atom. The van der Waals surface area contributed by atoms with Crippen LogP contribution in [-0.4, -0.2) is 19.6 Å². The van der Waals surface area contributed by atoms with Gasteiger partial charge in [-0.3, -0.25) is 4.79 Å². The van der Waals surface area contributed by atoms with Crippen LogP contribution in [0.2, 0.25) is 5.02 Å². The summed E-state index contributed by atoms with van der Waals surface area (Å²) in [5.41, 5.74) is 14.8. The summed E-state index contributed by atoms with van der Waals surface area (Å²) >= 11 is 6.00. The van der Waals surface area contributed by atoms with E-state index in [1.807, 2.05) is 12.1 Å². The molecule has 2 aromatic rings. The van der Waals surface area contributed by atoms with Gasteiger partial charge in [-0.2, -0.15) is 0 Å². The van der Waals surface area contributed by atoms with E-state index in [0.29, 0.717) is 34.5 Å². The first-order valence-corrected chi connectivity index (χ1v) is 8.48. The van der Waals surface area contributed by atoms with Crippen molar-refractivity contribution in [2.75, 3.05) is 19.4 Å². The third kappa shape index (κ3) is 4.65. The Kier molecular flexibility index (Phi) is 6.28. The van der Waals surface area contributed by atoms with Crippen LogP contribution in [0.25, 0.3) is 0 Å². The van der Waals surface area contributed by atoms with Crippen molar-refractivity contribution in [3.63, 3.8) is 0 Å². The average Bonchev–Trinajstić information content (AvgIpc) is 2.61. The summed E-state index contributed by atoms with van der Waals surface area (Å²) in [6.07, 6.45) is 0. The summed E-state index contributed by atoms with van der Waals surface area (Å²) in [6, 6.07) is 10.8. The highest BCUT2D eigenvalue weighted by Crippen LogP contribution is 2.28. The van der Waals surface area contributed by atoms with Gasteiger partial charge in [0.1, 0.15) is 5.75 Å². The maximum absolute atomic E-state index is 12.4. The molecule has 0 spiro atoms. The van der Waals surface area contributed by atoms with Gasteiger partial charge in [-0.05, 0) is 23.1 Å². The Bertz CT molecular complexity index is 745. The third-order valence-electron chi connectivity index (χ3n) is 4.08. The molecule has 1 atom stereocenters. The molecule has 25 heavy (non-hydrogen) atoms. The zero-order valence-electron chi connectivity index (χ0n) is 14.7. The lowest BCUT2D eigenvalue weighted by Crippen LogP contribution is -2.32. The molecule has 1 amide bonds. The molecule has 0 saturated heterocycles. The number of ether oxygens (including phenoxy) is 1. The molecule has 1 unspecified atom stereocenters. The predicted octanol–water partition coefficient (Wildman–Crippen LogP) is 3.48. The van der Waals surface area contributed by atoms with E-state index in [-0.39, 0.29) is 11.9 Å². The van der Waals surface area contributed by atoms with E-state index in [0.717, 1.165) is 5.56 Å². The fourth-order valence-corrected chi connectivity index (χ4v) is 2.62. The van der Waals surface area contributed by atoms with E-state index in [1.165, 1.54) is 24.8 Å². The van der Waals surface area contributed by atoms with Crippen LogP contribution in [-0.2, 0) is 0 Å². The van der Waals surface area contributed by atoms with Crippen LogP contribution >= 0.6 is 11.6 Å². The maximum Gasteiger partial charge on any atom is 0.255 e. The van der Waals surface area contributed by atoms with Crippen molar-refractivity contribution in [3.8, 4) is 5.75 Å². The SMILES string of the molecule is COc1cc(N)c(Cl)cc1C(=O)NCC(N)c1ccc(C(C)C)cc1. The van der Waals surface area contributed by atoms with E-state index in [9.17, 15) is 4.79 Å². The first kappa shape index (κ1) is 19.1. The molecule has 2 rings (SSSR count). The van der Waals surface area contributed by atoms with Gasteiger partial charge >= 0.3 is 0 Å². The molecule has 0 saturated carbocycles. The molecule has 0 aromatic heterocycles. The molecule has 0 aliphatic heterocycles. The zero-order valence-corrected chi connectivity index (χ0v) is 15.4. The van der Waals surface area contributed by atoms with Gasteiger partial charge in [0, 0.05) is 18.7 Å². The van der Waals surface area contributed by atoms with Gasteiger partial charge in [-0.15, -0.1) is 0 Å². The first-order chi connectivity index (χ1) is 11.8. The van der Waals surface area contributed by atoms with E-state index >= 15 is 0 Å². The molecule has 0 heterocycles. The molecule has 5 nitrogen and oxygen atoms in total. The lowest BCUT2D eigenvalue weighted by Gasteiger charge is -2.16. The molecule has 0 bridgehead atoms. The largest absolute Gasteiger partial charge is 0.496 e. The topological polar surface area (TPSA) is 90.4 Å². The Hall–Kier alpha value is -2.24. The number of carbonyl (C=O) groups is 1. The number of halogens is 1. The number of nitrogens with two attached hydrogens (primary N) is 2. The minimum absolute atomic E-state index is 0.297. The van der Waals surface area contributed by atoms with Gasteiger partial charge in [-0.1, -0.05) is 49.7 Å². The van der Waals surface area contributed by atoms with Gasteiger partial charge in [0.2, 0.25) is 0 Å². The number of benzene rings is 2. The van der Waals surface area contributed by atoms with E-state index < -0.39 is 0 Å². The monoisotopic (exact) mass is 361 g/mol. The van der Waals surface area contributed by atoms with Crippen LogP contribution in [0.15, 0.2) is 36.4 Å². The Balaban J connectivity index is 2.05. The molecule has 0 radical (unpaired) electrons. The highest BCUT2D eigenvalue weighted by molar-refractivity contribution is 6.33. The van der Waals surface area contributed by atoms with Gasteiger partial charge in [0.15, 0.2) is 0 Å². The summed E-state index contributed by atoms with van der Waals surface area (Å²) in [5.74, 6) is 0.523. The zero-order chi connectivity index (χ0) is 18.6. The van der Waals surface area contributed by atoms with Crippen molar-refractivity contribution >= 4 is 23.2 Å². The van der Waals surface area contributed by atoms with Crippen LogP contribution in [0.3, 0.4) is 0 Å². The van der Waals surface area contributed by atoms with E-state index in [2.05, 4.69) is 31.3 Å². The second-order valence-corrected chi connectivity index (χ2v) is 6.62. The number of methoxy groups -OCH3 is 1. The van der Waals surface area contributed by atoms with Crippen LogP contribution in [0, 0.1) is 0 Å². The van der Waals surface area contributed by atoms with E-state index in [4.69, 9.17) is 27.8 Å². The normalized spacial score (nSPS) is 12.1. The summed E-state index contributed by atoms with van der Waals surface area (Å²) < 4.78 is 5.20. The summed E-state index contributed by atoms with van der Waals surface area (Å²) in [6.45, 7) is 4.57. The highest BCUT2D eigenvalue weighted by atomic mass is 35.5. The van der Waals surface area contributed by atoms with Gasteiger partial charge in [0.05, 0.1) is 23.4 Å². The number of rotatable bonds is 6. The minimum atomic E-state index is -0.312. The first-order valence-electron chi connectivity index (χ1n) is 8.10. The molecule has 134 valence electrons. The second kappa shape index (κ2) is 8.23. The smallest absolute Gasteiger partial charge is 0.255 e. The van der Waals surface area contributed by atoms with Crippen molar-refractivity contribution < 1.29 is 9.53 Å². The Labute approximate surface area is 153 Å². The number of amides is 1. The van der Waals surface area contributed by atoms with Gasteiger partial charge in [-0.25, -0.2) is 0 Å². The summed E-state index contributed by atoms with van der Waals surface area (Å²) in [4.78, 5) is 12.4. The van der Waals surface area contributed by atoms with Crippen molar-refractivity contribution in [2.24, 2.45) is 5.73 Å². The highest BCUT2D eigenvalue weighted by Gasteiger charge is 2.16. The van der Waals surface area contributed by atoms with Crippen molar-refractivity contribution in [2.45, 2.75) is 25.8 Å². The number of hydrogen-bond donors (Lipinski definition) is 3. The fraction of sp³-hybridized carbons (Fsp3) is 0.316. The van der Waals surface area contributed by atoms with Crippen molar-refractivity contribution in [3.05, 3.63) is 58.1 Å². The molecule has 5 N–H and O–H groups in total. The quantitative estimate of drug-likeness (QED) is 0.687. The lowest BCUT2D eigenvalue weighted by molar-refractivity contribution is 0.0948. The van der Waals surface area contributed by atoms with Crippen molar-refractivity contribution in [1.82, 2.24) is 5.32 Å². The second-order valence-electron chi connectivity index (χ2n) is 6.21. The Morgan fingerprint density at radius 3 is 2.36 bits per heavy atom. The van der Waals surface area contributed by atoms with Crippen LogP contribution in [0.4, 0.5) is 5.69 Å². The van der Waals surface area contributed by atoms with E-state index in [1.54, 1.807) is 0 Å². The van der Waals surface area contributed by atoms with Crippen LogP contribution in [0.1, 0.15) is 47.3 Å². The number of anilines is 1. The van der Waals surface area contributed by atoms with Gasteiger partial charge in [0.25, 0.3) is 5.91 Å². The summed E-state index contributed by atoms with van der Waals surface area (Å²) in [7, 11) is 1.47. The summed E-state index contributed by atoms with van der Waals surface area (Å²) in [5, 5.41) is 3.12. The number of nitrogen functional groups attached to an aromatic ring is 1. The standard InChI is InChI=1S/C19H24ClN3O2/c1-11(2)12-4-6-13(7-5-12)17(22)10-23-19(24)14-8-15(20)16(21)9-18(14)25-3/h4-9,11,17H,10,21-22H2,1-3H3,(H,23,24). The molecular formula is C19H24ClN3O2. The van der Waals surface area contributed by atoms with Crippen molar-refractivity contribution in [1.29, 1.82) is 0 Å². The van der Waals surface area contributed by atoms with Gasteiger partial charge < -0.3 is 21.5 Å². The fourth-order valence-electron chi connectivity index (χ4n) is 2.46. The molecule has 0 aliphatic carbocycles. The number of carbonyl (C=O) groups excluding carboxylic acids is 1. The molecule has 0 fully saturated rings. The molecule has 0 aliphatic rings. The van der Waals surface area contributed by atoms with Crippen LogP contribution in [0.5, 0.6) is 5.75 Å². The minimum Gasteiger partial charge on any atom is -0.496 e. The lowest BCUT2D eigenvalue weighted by atomic mass is 9.99.